The normalized spacial score (nSPS) is 12.7. The van der Waals surface area contributed by atoms with Gasteiger partial charge in [0.05, 0.1) is 0 Å². The summed E-state index contributed by atoms with van der Waals surface area (Å²) in [4.78, 5) is 12.2. The Kier molecular flexibility index (Phi) is 4.24. The fraction of sp³-hybridized carbons (Fsp3) is 0.211. The third-order valence-electron chi connectivity index (χ3n) is 3.83. The van der Waals surface area contributed by atoms with Crippen LogP contribution in [-0.2, 0) is 17.6 Å². The van der Waals surface area contributed by atoms with Crippen molar-refractivity contribution in [3.63, 3.8) is 0 Å². The highest BCUT2D eigenvalue weighted by molar-refractivity contribution is 5.97. The van der Waals surface area contributed by atoms with Crippen LogP contribution in [0.15, 0.2) is 42.0 Å². The predicted octanol–water partition coefficient (Wildman–Crippen LogP) is 4.46. The minimum atomic E-state index is -0.916. The van der Waals surface area contributed by atoms with Gasteiger partial charge in [-0.3, -0.25) is 0 Å². The van der Waals surface area contributed by atoms with Gasteiger partial charge in [-0.05, 0) is 53.5 Å². The summed E-state index contributed by atoms with van der Waals surface area (Å²) < 4.78 is 31.8. The molecule has 4 heteroatoms. The van der Waals surface area contributed by atoms with E-state index in [9.17, 15) is 13.6 Å². The van der Waals surface area contributed by atoms with E-state index in [-0.39, 0.29) is 6.42 Å². The largest absolute Gasteiger partial charge is 0.423 e. The molecular weight excluding hydrogens is 298 g/mol. The molecule has 0 heterocycles. The molecule has 0 bridgehead atoms. The van der Waals surface area contributed by atoms with Gasteiger partial charge in [0.25, 0.3) is 0 Å². The highest BCUT2D eigenvalue weighted by atomic mass is 19.2. The molecule has 0 aliphatic heterocycles. The molecule has 0 spiro atoms. The number of esters is 1. The van der Waals surface area contributed by atoms with Crippen LogP contribution < -0.4 is 4.74 Å². The fourth-order valence-corrected chi connectivity index (χ4v) is 2.65. The Labute approximate surface area is 133 Å². The van der Waals surface area contributed by atoms with E-state index in [1.165, 1.54) is 5.56 Å². The number of benzene rings is 2. The molecule has 0 unspecified atom stereocenters. The minimum absolute atomic E-state index is 0.249. The Morgan fingerprint density at radius 1 is 1.13 bits per heavy atom. The molecule has 3 rings (SSSR count). The van der Waals surface area contributed by atoms with Crippen molar-refractivity contribution in [2.75, 3.05) is 0 Å². The molecule has 1 aliphatic carbocycles. The molecule has 118 valence electrons. The molecule has 2 aromatic rings. The van der Waals surface area contributed by atoms with Gasteiger partial charge in [0, 0.05) is 12.0 Å². The van der Waals surface area contributed by atoms with Crippen molar-refractivity contribution >= 4 is 12.0 Å². The molecule has 0 N–H and O–H groups in total. The predicted molar refractivity (Wildman–Crippen MR) is 84.1 cm³/mol. The second-order valence-electron chi connectivity index (χ2n) is 5.59. The number of carbonyl (C=O) groups excluding carboxylic acids is 1. The summed E-state index contributed by atoms with van der Waals surface area (Å²) in [6.45, 7) is 2.10. The lowest BCUT2D eigenvalue weighted by atomic mass is 10.1. The van der Waals surface area contributed by atoms with Gasteiger partial charge in [-0.2, -0.15) is 0 Å². The van der Waals surface area contributed by atoms with Crippen LogP contribution in [0.4, 0.5) is 8.78 Å². The number of aryl methyl sites for hydroxylation is 1. The molecule has 0 saturated heterocycles. The average molecular weight is 314 g/mol. The lowest BCUT2D eigenvalue weighted by molar-refractivity contribution is -0.130. The number of ether oxygens (including phenoxy) is 1. The molecule has 0 amide bonds. The topological polar surface area (TPSA) is 26.3 Å². The maximum absolute atomic E-state index is 13.2. The van der Waals surface area contributed by atoms with Gasteiger partial charge in [-0.1, -0.05) is 25.5 Å². The highest BCUT2D eigenvalue weighted by Gasteiger charge is 2.22. The second-order valence-corrected chi connectivity index (χ2v) is 5.59. The summed E-state index contributed by atoms with van der Waals surface area (Å²) in [5, 5.41) is 0. The van der Waals surface area contributed by atoms with E-state index in [1.807, 2.05) is 12.1 Å². The van der Waals surface area contributed by atoms with E-state index in [1.54, 1.807) is 18.2 Å². The van der Waals surface area contributed by atoms with Gasteiger partial charge in [0.2, 0.25) is 0 Å². The van der Waals surface area contributed by atoms with E-state index in [0.29, 0.717) is 22.4 Å². The molecule has 2 aromatic carbocycles. The SMILES string of the molecule is CCCc1ccc(OC(=O)C2=Cc3cc(F)c(F)cc3C2)cc1. The summed E-state index contributed by atoms with van der Waals surface area (Å²) in [7, 11) is 0. The van der Waals surface area contributed by atoms with E-state index in [0.717, 1.165) is 25.0 Å². The summed E-state index contributed by atoms with van der Waals surface area (Å²) in [5.41, 5.74) is 2.69. The summed E-state index contributed by atoms with van der Waals surface area (Å²) >= 11 is 0. The molecule has 0 radical (unpaired) electrons. The number of hydrogen-bond acceptors (Lipinski definition) is 2. The smallest absolute Gasteiger partial charge is 0.339 e. The molecule has 23 heavy (non-hydrogen) atoms. The van der Waals surface area contributed by atoms with E-state index in [2.05, 4.69) is 6.92 Å². The molecule has 0 atom stereocenters. The minimum Gasteiger partial charge on any atom is -0.423 e. The zero-order valence-corrected chi connectivity index (χ0v) is 12.7. The number of fused-ring (bicyclic) bond motifs is 1. The van der Waals surface area contributed by atoms with Crippen LogP contribution in [0.1, 0.15) is 30.0 Å². The van der Waals surface area contributed by atoms with Crippen LogP contribution in [0.2, 0.25) is 0 Å². The molecule has 2 nitrogen and oxygen atoms in total. The van der Waals surface area contributed by atoms with Crippen LogP contribution in [0.25, 0.3) is 6.08 Å². The zero-order chi connectivity index (χ0) is 16.4. The van der Waals surface area contributed by atoms with E-state index >= 15 is 0 Å². The van der Waals surface area contributed by atoms with Crippen molar-refractivity contribution < 1.29 is 18.3 Å². The standard InChI is InChI=1S/C19H16F2O2/c1-2-3-12-4-6-16(7-5-12)23-19(22)15-8-13-10-17(20)18(21)11-14(13)9-15/h4-8,10-11H,2-3,9H2,1H3. The maximum Gasteiger partial charge on any atom is 0.339 e. The van der Waals surface area contributed by atoms with Crippen molar-refractivity contribution in [3.8, 4) is 5.75 Å². The maximum atomic E-state index is 13.2. The Morgan fingerprint density at radius 2 is 1.83 bits per heavy atom. The zero-order valence-electron chi connectivity index (χ0n) is 12.7. The second kappa shape index (κ2) is 6.32. The fourth-order valence-electron chi connectivity index (χ4n) is 2.65. The van der Waals surface area contributed by atoms with Crippen molar-refractivity contribution in [1.82, 2.24) is 0 Å². The number of rotatable bonds is 4. The van der Waals surface area contributed by atoms with Crippen molar-refractivity contribution in [1.29, 1.82) is 0 Å². The summed E-state index contributed by atoms with van der Waals surface area (Å²) in [6.07, 6.45) is 3.83. The lowest BCUT2D eigenvalue weighted by Crippen LogP contribution is -2.11. The average Bonchev–Trinajstić information content (AvgIpc) is 2.93. The van der Waals surface area contributed by atoms with E-state index < -0.39 is 17.6 Å². The van der Waals surface area contributed by atoms with Crippen LogP contribution in [0, 0.1) is 11.6 Å². The highest BCUT2D eigenvalue weighted by Crippen LogP contribution is 2.28. The Hall–Kier alpha value is -2.49. The summed E-state index contributed by atoms with van der Waals surface area (Å²) in [6, 6.07) is 9.59. The summed E-state index contributed by atoms with van der Waals surface area (Å²) in [5.74, 6) is -1.85. The third kappa shape index (κ3) is 3.31. The van der Waals surface area contributed by atoms with Crippen LogP contribution in [-0.4, -0.2) is 5.97 Å². The van der Waals surface area contributed by atoms with Gasteiger partial charge in [-0.25, -0.2) is 13.6 Å². The lowest BCUT2D eigenvalue weighted by Gasteiger charge is -2.06. The monoisotopic (exact) mass is 314 g/mol. The van der Waals surface area contributed by atoms with Crippen molar-refractivity contribution in [2.45, 2.75) is 26.2 Å². The van der Waals surface area contributed by atoms with Gasteiger partial charge < -0.3 is 4.74 Å². The first-order valence-electron chi connectivity index (χ1n) is 7.56. The van der Waals surface area contributed by atoms with Gasteiger partial charge in [-0.15, -0.1) is 0 Å². The van der Waals surface area contributed by atoms with Crippen molar-refractivity contribution in [3.05, 3.63) is 70.3 Å². The van der Waals surface area contributed by atoms with Crippen LogP contribution in [0.5, 0.6) is 5.75 Å². The first-order valence-corrected chi connectivity index (χ1v) is 7.56. The third-order valence-corrected chi connectivity index (χ3v) is 3.83. The van der Waals surface area contributed by atoms with Crippen LogP contribution >= 0.6 is 0 Å². The van der Waals surface area contributed by atoms with Gasteiger partial charge >= 0.3 is 5.97 Å². The molecule has 1 aliphatic rings. The Bertz CT molecular complexity index is 777. The Balaban J connectivity index is 1.71. The molecular formula is C19H16F2O2. The van der Waals surface area contributed by atoms with Crippen LogP contribution in [0.3, 0.4) is 0 Å². The molecule has 0 fully saturated rings. The quantitative estimate of drug-likeness (QED) is 0.615. The first kappa shape index (κ1) is 15.4. The Morgan fingerprint density at radius 3 is 2.52 bits per heavy atom. The molecule has 0 saturated carbocycles. The number of carbonyl (C=O) groups is 1. The van der Waals surface area contributed by atoms with Gasteiger partial charge in [0.15, 0.2) is 11.6 Å². The van der Waals surface area contributed by atoms with E-state index in [4.69, 9.17) is 4.74 Å². The van der Waals surface area contributed by atoms with Gasteiger partial charge in [0.1, 0.15) is 5.75 Å². The first-order chi connectivity index (χ1) is 11.1. The van der Waals surface area contributed by atoms with Crippen molar-refractivity contribution in [2.24, 2.45) is 0 Å². The molecule has 0 aromatic heterocycles. The number of halogens is 2. The number of hydrogen-bond donors (Lipinski definition) is 0.